The van der Waals surface area contributed by atoms with Gasteiger partial charge in [0.05, 0.1) is 47.4 Å². The van der Waals surface area contributed by atoms with Crippen LogP contribution < -0.4 is 11.1 Å². The maximum Gasteiger partial charge on any atom is 0.396 e. The van der Waals surface area contributed by atoms with Crippen LogP contribution in [0, 0.1) is 0 Å². The van der Waals surface area contributed by atoms with Gasteiger partial charge in [-0.05, 0) is 66.0 Å². The lowest BCUT2D eigenvalue weighted by atomic mass is 10.1. The van der Waals surface area contributed by atoms with E-state index in [9.17, 15) is 18.9 Å². The monoisotopic (exact) mass is 695 g/mol. The maximum atomic E-state index is 13.2. The van der Waals surface area contributed by atoms with Crippen LogP contribution in [0.2, 0.25) is 5.28 Å². The Labute approximate surface area is 254 Å². The predicted octanol–water partition coefficient (Wildman–Crippen LogP) is 5.02. The fourth-order valence-corrected chi connectivity index (χ4v) is 6.45. The lowest BCUT2D eigenvalue weighted by Gasteiger charge is -2.28. The van der Waals surface area contributed by atoms with Crippen molar-refractivity contribution in [2.24, 2.45) is 0 Å². The average Bonchev–Trinajstić information content (AvgIpc) is 2.78. The summed E-state index contributed by atoms with van der Waals surface area (Å²) in [6, 6.07) is 0. The van der Waals surface area contributed by atoms with Gasteiger partial charge in [0, 0.05) is 11.8 Å². The molecule has 39 heavy (non-hydrogen) atoms. The minimum absolute atomic E-state index is 0.0179. The molecule has 0 saturated heterocycles. The molecular formula is C21H36Cl5N3O8P2. The van der Waals surface area contributed by atoms with Crippen LogP contribution in [0.25, 0.3) is 0 Å². The fourth-order valence-electron chi connectivity index (χ4n) is 2.73. The molecule has 1 heterocycles. The zero-order valence-corrected chi connectivity index (χ0v) is 28.1. The third-order valence-electron chi connectivity index (χ3n) is 4.59. The predicted molar refractivity (Wildman–Crippen MR) is 155 cm³/mol. The summed E-state index contributed by atoms with van der Waals surface area (Å²) in [6.45, 7) is 10.9. The van der Waals surface area contributed by atoms with Crippen molar-refractivity contribution in [3.05, 3.63) is 5.28 Å². The second-order valence-corrected chi connectivity index (χ2v) is 15.9. The second-order valence-electron chi connectivity index (χ2n) is 10.4. The van der Waals surface area contributed by atoms with Crippen LogP contribution in [0.4, 0.5) is 0 Å². The zero-order valence-electron chi connectivity index (χ0n) is 22.5. The highest BCUT2D eigenvalue weighted by Crippen LogP contribution is 2.45. The molecule has 1 aromatic heterocycles. The number of rotatable bonds is 16. The summed E-state index contributed by atoms with van der Waals surface area (Å²) < 4.78 is 48.3. The Bertz CT molecular complexity index is 941. The molecule has 0 aliphatic carbocycles. The van der Waals surface area contributed by atoms with Crippen molar-refractivity contribution in [3.63, 3.8) is 0 Å². The molecule has 0 amide bonds. The van der Waals surface area contributed by atoms with Crippen LogP contribution in [0.5, 0.6) is 0 Å². The van der Waals surface area contributed by atoms with Gasteiger partial charge in [0.1, 0.15) is 0 Å². The Morgan fingerprint density at radius 2 is 1.08 bits per heavy atom. The summed E-state index contributed by atoms with van der Waals surface area (Å²) in [5, 5.41) is -2.40. The molecular weight excluding hydrogens is 661 g/mol. The first-order chi connectivity index (χ1) is 17.7. The summed E-state index contributed by atoms with van der Waals surface area (Å²) in [5.74, 6) is 0.0968. The summed E-state index contributed by atoms with van der Waals surface area (Å²) in [7, 11) is -9.74. The highest BCUT2D eigenvalue weighted by atomic mass is 35.5. The highest BCUT2D eigenvalue weighted by Gasteiger charge is 2.39. The topological polar surface area (TPSA) is 150 Å². The van der Waals surface area contributed by atoms with Crippen molar-refractivity contribution in [3.8, 4) is 0 Å². The van der Waals surface area contributed by atoms with E-state index in [0.29, 0.717) is 0 Å². The van der Waals surface area contributed by atoms with Crippen LogP contribution in [0.15, 0.2) is 0 Å². The van der Waals surface area contributed by atoms with Gasteiger partial charge < -0.3 is 19.3 Å². The number of aromatic nitrogens is 3. The van der Waals surface area contributed by atoms with Crippen molar-refractivity contribution in [2.75, 3.05) is 25.0 Å². The van der Waals surface area contributed by atoms with E-state index < -0.39 is 65.8 Å². The van der Waals surface area contributed by atoms with Crippen LogP contribution in [-0.2, 0) is 27.7 Å². The van der Waals surface area contributed by atoms with Crippen molar-refractivity contribution >= 4 is 84.3 Å². The summed E-state index contributed by atoms with van der Waals surface area (Å²) >= 11 is 30.3. The fraction of sp³-hybridized carbons (Fsp3) is 0.857. The first-order valence-corrected chi connectivity index (χ1v) is 17.3. The van der Waals surface area contributed by atoms with Gasteiger partial charge in [0.2, 0.25) is 16.4 Å². The molecule has 1 rings (SSSR count). The highest BCUT2D eigenvalue weighted by molar-refractivity contribution is 7.62. The van der Waals surface area contributed by atoms with Gasteiger partial charge in [-0.2, -0.15) is 15.0 Å². The average molecular weight is 698 g/mol. The minimum atomic E-state index is -4.87. The van der Waals surface area contributed by atoms with Crippen molar-refractivity contribution in [1.82, 2.24) is 15.0 Å². The number of nitrogens with zero attached hydrogens (tertiary/aromatic N) is 3. The first-order valence-electron chi connectivity index (χ1n) is 11.8. The van der Waals surface area contributed by atoms with E-state index in [0.717, 1.165) is 0 Å². The molecule has 6 unspecified atom stereocenters. The third-order valence-corrected chi connectivity index (χ3v) is 8.54. The molecule has 0 radical (unpaired) electrons. The molecule has 0 bridgehead atoms. The summed E-state index contributed by atoms with van der Waals surface area (Å²) in [6.07, 6.45) is -1.97. The molecule has 228 valence electrons. The molecule has 1 aromatic rings. The maximum absolute atomic E-state index is 13.2. The lowest BCUT2D eigenvalue weighted by Crippen LogP contribution is -2.36. The van der Waals surface area contributed by atoms with E-state index in [1.54, 1.807) is 0 Å². The Hall–Kier alpha value is 0.680. The molecule has 2 N–H and O–H groups in total. The molecule has 0 aliphatic heterocycles. The van der Waals surface area contributed by atoms with E-state index in [4.69, 9.17) is 76.5 Å². The van der Waals surface area contributed by atoms with Gasteiger partial charge in [0.25, 0.3) is 0 Å². The zero-order chi connectivity index (χ0) is 30.2. The molecule has 0 aliphatic rings. The van der Waals surface area contributed by atoms with Crippen molar-refractivity contribution < 1.29 is 37.4 Å². The molecule has 11 nitrogen and oxygen atoms in total. The van der Waals surface area contributed by atoms with E-state index in [1.165, 1.54) is 0 Å². The van der Waals surface area contributed by atoms with Crippen LogP contribution in [0.3, 0.4) is 0 Å². The van der Waals surface area contributed by atoms with Gasteiger partial charge in [0.15, 0.2) is 0 Å². The van der Waals surface area contributed by atoms with E-state index in [2.05, 4.69) is 15.0 Å². The Morgan fingerprint density at radius 3 is 1.36 bits per heavy atom. The second kappa shape index (κ2) is 15.9. The minimum Gasteiger partial charge on any atom is -0.374 e. The largest absolute Gasteiger partial charge is 0.396 e. The van der Waals surface area contributed by atoms with Gasteiger partial charge in [-0.3, -0.25) is 18.2 Å². The number of hydrogen-bond acceptors (Lipinski definition) is 9. The summed E-state index contributed by atoms with van der Waals surface area (Å²) in [5.41, 5.74) is -2.82. The quantitative estimate of drug-likeness (QED) is 0.177. The van der Waals surface area contributed by atoms with Gasteiger partial charge in [-0.1, -0.05) is 0 Å². The SMILES string of the molecule is CC(C)(C)OCC(Cl)C(CCCl)OP(=O)(O)c1nc(Cl)nc(P(=O)(O)OC(CCCl)C(Cl)COC(C)(C)C)n1. The first kappa shape index (κ1) is 37.7. The smallest absolute Gasteiger partial charge is 0.374 e. The Balaban J connectivity index is 3.22. The molecule has 0 spiro atoms. The summed E-state index contributed by atoms with van der Waals surface area (Å²) in [4.78, 5) is 32.3. The molecule has 0 fully saturated rings. The lowest BCUT2D eigenvalue weighted by molar-refractivity contribution is -0.0148. The third kappa shape index (κ3) is 14.1. The van der Waals surface area contributed by atoms with Gasteiger partial charge in [-0.25, -0.2) is 0 Å². The Kier molecular flexibility index (Phi) is 15.4. The molecule has 18 heteroatoms. The van der Waals surface area contributed by atoms with Gasteiger partial charge in [-0.15, -0.1) is 46.4 Å². The normalized spacial score (nSPS) is 19.1. The number of hydrogen-bond donors (Lipinski definition) is 2. The van der Waals surface area contributed by atoms with E-state index in [-0.39, 0.29) is 37.8 Å². The van der Waals surface area contributed by atoms with Crippen molar-refractivity contribution in [1.29, 1.82) is 0 Å². The van der Waals surface area contributed by atoms with Crippen molar-refractivity contribution in [2.45, 2.75) is 88.5 Å². The molecule has 0 aromatic carbocycles. The van der Waals surface area contributed by atoms with Crippen LogP contribution >= 0.6 is 73.2 Å². The van der Waals surface area contributed by atoms with Crippen LogP contribution in [-0.4, -0.2) is 83.9 Å². The van der Waals surface area contributed by atoms with E-state index in [1.807, 2.05) is 41.5 Å². The molecule has 0 saturated carbocycles. The Morgan fingerprint density at radius 1 is 0.744 bits per heavy atom. The number of ether oxygens (including phenoxy) is 2. The molecule has 6 atom stereocenters. The van der Waals surface area contributed by atoms with Crippen LogP contribution in [0.1, 0.15) is 54.4 Å². The standard InChI is InChI=1S/C21H36Cl5N3O8P2/c1-20(2,3)34-11-13(24)15(7-9-22)36-38(30,31)18-27-17(26)28-19(29-18)39(32,33)37-16(8-10-23)14(25)12-35-21(4,5)6/h13-16H,7-12H2,1-6H3,(H,30,31)(H,32,33). The number of alkyl halides is 4. The number of halogens is 5. The van der Waals surface area contributed by atoms with Gasteiger partial charge >= 0.3 is 15.2 Å². The van der Waals surface area contributed by atoms with E-state index >= 15 is 0 Å².